The summed E-state index contributed by atoms with van der Waals surface area (Å²) in [6, 6.07) is 25.0. The summed E-state index contributed by atoms with van der Waals surface area (Å²) in [4.78, 5) is 30.8. The summed E-state index contributed by atoms with van der Waals surface area (Å²) >= 11 is 0. The first-order chi connectivity index (χ1) is 20.5. The van der Waals surface area contributed by atoms with Gasteiger partial charge in [0.25, 0.3) is 5.91 Å². The molecule has 0 bridgehead atoms. The second kappa shape index (κ2) is 11.5. The van der Waals surface area contributed by atoms with Crippen molar-refractivity contribution in [3.63, 3.8) is 0 Å². The SMILES string of the molecule is CCOc1ccc(-c2cn(C)c3cc(NC(=O)c4ccc(C)c(Nc5ncnc(-c6ccccc6)n5)c4)ccc23)cn1. The fourth-order valence-electron chi connectivity index (χ4n) is 4.77. The lowest BCUT2D eigenvalue weighted by Gasteiger charge is -2.12. The molecule has 208 valence electrons. The van der Waals surface area contributed by atoms with E-state index in [9.17, 15) is 4.79 Å². The number of nitrogens with one attached hydrogen (secondary N) is 2. The van der Waals surface area contributed by atoms with E-state index in [2.05, 4.69) is 36.8 Å². The van der Waals surface area contributed by atoms with Gasteiger partial charge in [-0.2, -0.15) is 4.98 Å². The van der Waals surface area contributed by atoms with Crippen molar-refractivity contribution in [1.29, 1.82) is 0 Å². The van der Waals surface area contributed by atoms with Gasteiger partial charge in [0.05, 0.1) is 12.1 Å². The van der Waals surface area contributed by atoms with Crippen molar-refractivity contribution in [2.75, 3.05) is 17.2 Å². The first kappa shape index (κ1) is 26.6. The molecule has 42 heavy (non-hydrogen) atoms. The minimum absolute atomic E-state index is 0.219. The highest BCUT2D eigenvalue weighted by atomic mass is 16.5. The van der Waals surface area contributed by atoms with Crippen LogP contribution in [0.1, 0.15) is 22.8 Å². The fraction of sp³-hybridized carbons (Fsp3) is 0.121. The van der Waals surface area contributed by atoms with E-state index >= 15 is 0 Å². The normalized spacial score (nSPS) is 10.9. The zero-order chi connectivity index (χ0) is 29.1. The van der Waals surface area contributed by atoms with Crippen LogP contribution in [0.3, 0.4) is 0 Å². The van der Waals surface area contributed by atoms with Crippen LogP contribution in [0.25, 0.3) is 33.4 Å². The first-order valence-electron chi connectivity index (χ1n) is 13.6. The van der Waals surface area contributed by atoms with Crippen molar-refractivity contribution in [3.8, 4) is 28.4 Å². The molecule has 9 heteroatoms. The van der Waals surface area contributed by atoms with Crippen LogP contribution in [-0.2, 0) is 7.05 Å². The number of ether oxygens (including phenoxy) is 1. The number of amides is 1. The minimum Gasteiger partial charge on any atom is -0.478 e. The number of aryl methyl sites for hydroxylation is 2. The quantitative estimate of drug-likeness (QED) is 0.213. The molecule has 0 aliphatic carbocycles. The van der Waals surface area contributed by atoms with E-state index in [0.29, 0.717) is 35.5 Å². The molecular formula is C33H29N7O2. The minimum atomic E-state index is -0.219. The molecule has 2 N–H and O–H groups in total. The van der Waals surface area contributed by atoms with Crippen molar-refractivity contribution in [2.45, 2.75) is 13.8 Å². The zero-order valence-electron chi connectivity index (χ0n) is 23.5. The van der Waals surface area contributed by atoms with Gasteiger partial charge in [0.15, 0.2) is 5.82 Å². The molecule has 3 heterocycles. The van der Waals surface area contributed by atoms with Gasteiger partial charge < -0.3 is 19.9 Å². The number of rotatable bonds is 8. The summed E-state index contributed by atoms with van der Waals surface area (Å²) in [5.74, 6) is 1.35. The van der Waals surface area contributed by atoms with Crippen LogP contribution < -0.4 is 15.4 Å². The molecule has 3 aromatic heterocycles. The number of hydrogen-bond acceptors (Lipinski definition) is 7. The van der Waals surface area contributed by atoms with Crippen LogP contribution in [0.15, 0.2) is 97.6 Å². The molecule has 0 radical (unpaired) electrons. The molecule has 0 atom stereocenters. The van der Waals surface area contributed by atoms with Crippen LogP contribution >= 0.6 is 0 Å². The zero-order valence-corrected chi connectivity index (χ0v) is 23.5. The molecule has 0 saturated heterocycles. The Morgan fingerprint density at radius 1 is 0.929 bits per heavy atom. The van der Waals surface area contributed by atoms with Gasteiger partial charge in [-0.1, -0.05) is 42.5 Å². The van der Waals surface area contributed by atoms with Crippen molar-refractivity contribution < 1.29 is 9.53 Å². The molecule has 0 spiro atoms. The summed E-state index contributed by atoms with van der Waals surface area (Å²) in [6.45, 7) is 4.47. The van der Waals surface area contributed by atoms with Gasteiger partial charge in [-0.15, -0.1) is 0 Å². The van der Waals surface area contributed by atoms with Gasteiger partial charge in [0.1, 0.15) is 6.33 Å². The van der Waals surface area contributed by atoms with Crippen LogP contribution in [-0.4, -0.2) is 37.0 Å². The smallest absolute Gasteiger partial charge is 0.255 e. The van der Waals surface area contributed by atoms with Gasteiger partial charge in [-0.3, -0.25) is 4.79 Å². The van der Waals surface area contributed by atoms with E-state index in [1.54, 1.807) is 12.1 Å². The maximum Gasteiger partial charge on any atom is 0.255 e. The number of carbonyl (C=O) groups excluding carboxylic acids is 1. The molecule has 6 aromatic rings. The predicted octanol–water partition coefficient (Wildman–Crippen LogP) is 6.80. The molecule has 9 nitrogen and oxygen atoms in total. The van der Waals surface area contributed by atoms with Crippen LogP contribution in [0, 0.1) is 6.92 Å². The molecular weight excluding hydrogens is 526 g/mol. The van der Waals surface area contributed by atoms with E-state index in [4.69, 9.17) is 4.74 Å². The Balaban J connectivity index is 1.21. The highest BCUT2D eigenvalue weighted by molar-refractivity contribution is 6.06. The standard InChI is InChI=1S/C33H29N7O2/c1-4-42-30-15-12-24(18-34-30)27-19-40(3)29-17-25(13-14-26(27)29)37-32(41)23-11-10-21(2)28(16-23)38-33-36-20-35-31(39-33)22-8-6-5-7-9-22/h5-20H,4H2,1-3H3,(H,37,41)(H,35,36,38,39). The Morgan fingerprint density at radius 2 is 1.79 bits per heavy atom. The van der Waals surface area contributed by atoms with Crippen molar-refractivity contribution in [1.82, 2.24) is 24.5 Å². The van der Waals surface area contributed by atoms with Gasteiger partial charge in [-0.05, 0) is 49.7 Å². The maximum atomic E-state index is 13.3. The Labute approximate surface area is 243 Å². The van der Waals surface area contributed by atoms with Gasteiger partial charge in [0, 0.05) is 64.5 Å². The highest BCUT2D eigenvalue weighted by Crippen LogP contribution is 2.32. The van der Waals surface area contributed by atoms with E-state index in [0.717, 1.165) is 38.8 Å². The van der Waals surface area contributed by atoms with Crippen molar-refractivity contribution >= 4 is 34.1 Å². The topological polar surface area (TPSA) is 107 Å². The number of hydrogen-bond donors (Lipinski definition) is 2. The van der Waals surface area contributed by atoms with Gasteiger partial charge in [-0.25, -0.2) is 15.0 Å². The summed E-state index contributed by atoms with van der Waals surface area (Å²) in [5, 5.41) is 7.35. The summed E-state index contributed by atoms with van der Waals surface area (Å²) in [7, 11) is 1.99. The van der Waals surface area contributed by atoms with E-state index in [1.165, 1.54) is 6.33 Å². The average Bonchev–Trinajstić information content (AvgIpc) is 3.35. The number of benzene rings is 3. The monoisotopic (exact) mass is 555 g/mol. The highest BCUT2D eigenvalue weighted by Gasteiger charge is 2.14. The third-order valence-corrected chi connectivity index (χ3v) is 6.94. The van der Waals surface area contributed by atoms with Crippen LogP contribution in [0.4, 0.5) is 17.3 Å². The Morgan fingerprint density at radius 3 is 2.57 bits per heavy atom. The average molecular weight is 556 g/mol. The number of anilines is 3. The molecule has 1 amide bonds. The number of fused-ring (bicyclic) bond motifs is 1. The molecule has 0 aliphatic rings. The lowest BCUT2D eigenvalue weighted by atomic mass is 10.1. The fourth-order valence-corrected chi connectivity index (χ4v) is 4.77. The number of nitrogens with zero attached hydrogens (tertiary/aromatic N) is 5. The molecule has 6 rings (SSSR count). The predicted molar refractivity (Wildman–Crippen MR) is 165 cm³/mol. The number of aromatic nitrogens is 5. The van der Waals surface area contributed by atoms with Gasteiger partial charge >= 0.3 is 0 Å². The lowest BCUT2D eigenvalue weighted by molar-refractivity contribution is 0.102. The Bertz CT molecular complexity index is 1880. The largest absolute Gasteiger partial charge is 0.478 e. The van der Waals surface area contributed by atoms with Crippen LogP contribution in [0.2, 0.25) is 0 Å². The second-order valence-corrected chi connectivity index (χ2v) is 9.81. The first-order valence-corrected chi connectivity index (χ1v) is 13.6. The summed E-state index contributed by atoms with van der Waals surface area (Å²) in [5.41, 5.74) is 6.84. The van der Waals surface area contributed by atoms with Crippen molar-refractivity contribution in [2.24, 2.45) is 7.05 Å². The third-order valence-electron chi connectivity index (χ3n) is 6.94. The molecule has 0 unspecified atom stereocenters. The Hall–Kier alpha value is -5.57. The Kier molecular flexibility index (Phi) is 7.30. The third kappa shape index (κ3) is 5.53. The van der Waals surface area contributed by atoms with E-state index < -0.39 is 0 Å². The number of pyridine rings is 1. The number of carbonyl (C=O) groups is 1. The molecule has 3 aromatic carbocycles. The van der Waals surface area contributed by atoms with Crippen LogP contribution in [0.5, 0.6) is 5.88 Å². The van der Waals surface area contributed by atoms with E-state index in [1.807, 2.05) is 98.4 Å². The summed E-state index contributed by atoms with van der Waals surface area (Å²) < 4.78 is 7.52. The van der Waals surface area contributed by atoms with E-state index in [-0.39, 0.29) is 5.91 Å². The lowest BCUT2D eigenvalue weighted by Crippen LogP contribution is -2.12. The molecule has 0 aliphatic heterocycles. The van der Waals surface area contributed by atoms with Gasteiger partial charge in [0.2, 0.25) is 11.8 Å². The second-order valence-electron chi connectivity index (χ2n) is 9.81. The molecule has 0 saturated carbocycles. The summed E-state index contributed by atoms with van der Waals surface area (Å²) in [6.07, 6.45) is 5.36. The molecule has 0 fully saturated rings. The maximum absolute atomic E-state index is 13.3. The van der Waals surface area contributed by atoms with Crippen molar-refractivity contribution in [3.05, 3.63) is 109 Å².